The highest BCUT2D eigenvalue weighted by molar-refractivity contribution is 5.83. The van der Waals surface area contributed by atoms with Crippen molar-refractivity contribution in [2.75, 3.05) is 5.32 Å². The SMILES string of the molecule is Cc1ccc(-n2cc(COc3cc(C#N)nc(Nc4ccc5cc[nH]c5c4)c3)cn2)nc1. The monoisotopic (exact) mass is 421 g/mol. The number of nitrogens with one attached hydrogen (secondary N) is 2. The topological polar surface area (TPSA) is 104 Å². The minimum Gasteiger partial charge on any atom is -0.489 e. The Kier molecular flexibility index (Phi) is 4.98. The van der Waals surface area contributed by atoms with Crippen molar-refractivity contribution < 1.29 is 4.74 Å². The number of H-pyrrole nitrogens is 1. The molecule has 0 saturated carbocycles. The quantitative estimate of drug-likeness (QED) is 0.414. The minimum atomic E-state index is 0.269. The Hall–Kier alpha value is -4.64. The van der Waals surface area contributed by atoms with Crippen LogP contribution in [0.25, 0.3) is 16.7 Å². The number of benzene rings is 1. The zero-order valence-electron chi connectivity index (χ0n) is 17.3. The smallest absolute Gasteiger partial charge is 0.153 e. The standard InChI is InChI=1S/C24H19N7O/c1-16-2-5-24(27-12-16)31-14-17(13-28-31)15-32-21-8-20(11-25)30-23(10-21)29-19-4-3-18-6-7-26-22(18)9-19/h2-10,12-14,26H,15H2,1H3,(H,29,30). The van der Waals surface area contributed by atoms with Gasteiger partial charge in [0, 0.05) is 47.5 Å². The number of hydrogen-bond donors (Lipinski definition) is 2. The van der Waals surface area contributed by atoms with E-state index in [1.165, 1.54) is 0 Å². The predicted octanol–water partition coefficient (Wildman–Crippen LogP) is 4.65. The third-order valence-electron chi connectivity index (χ3n) is 4.91. The summed E-state index contributed by atoms with van der Waals surface area (Å²) in [5.74, 6) is 1.81. The molecule has 0 aliphatic heterocycles. The van der Waals surface area contributed by atoms with Crippen molar-refractivity contribution in [2.45, 2.75) is 13.5 Å². The fraction of sp³-hybridized carbons (Fsp3) is 0.0833. The third-order valence-corrected chi connectivity index (χ3v) is 4.91. The molecule has 4 aromatic heterocycles. The number of nitriles is 1. The van der Waals surface area contributed by atoms with Crippen molar-refractivity contribution >= 4 is 22.4 Å². The zero-order valence-corrected chi connectivity index (χ0v) is 17.3. The highest BCUT2D eigenvalue weighted by atomic mass is 16.5. The van der Waals surface area contributed by atoms with E-state index in [4.69, 9.17) is 4.74 Å². The normalized spacial score (nSPS) is 10.8. The number of nitrogens with zero attached hydrogens (tertiary/aromatic N) is 5. The van der Waals surface area contributed by atoms with Gasteiger partial charge in [-0.1, -0.05) is 12.1 Å². The first-order chi connectivity index (χ1) is 15.7. The first-order valence-electron chi connectivity index (χ1n) is 10.0. The summed E-state index contributed by atoms with van der Waals surface area (Å²) in [7, 11) is 0. The Morgan fingerprint density at radius 1 is 1.12 bits per heavy atom. The number of rotatable bonds is 6. The van der Waals surface area contributed by atoms with Crippen LogP contribution >= 0.6 is 0 Å². The summed E-state index contributed by atoms with van der Waals surface area (Å²) < 4.78 is 7.63. The number of anilines is 2. The predicted molar refractivity (Wildman–Crippen MR) is 121 cm³/mol. The fourth-order valence-corrected chi connectivity index (χ4v) is 3.31. The molecule has 8 heteroatoms. The maximum absolute atomic E-state index is 9.38. The van der Waals surface area contributed by atoms with Gasteiger partial charge in [0.1, 0.15) is 29.9 Å². The second kappa shape index (κ2) is 8.24. The summed E-state index contributed by atoms with van der Waals surface area (Å²) in [4.78, 5) is 11.9. The number of aromatic amines is 1. The fourth-order valence-electron chi connectivity index (χ4n) is 3.31. The number of aryl methyl sites for hydroxylation is 1. The third kappa shape index (κ3) is 4.13. The van der Waals surface area contributed by atoms with Gasteiger partial charge in [0.05, 0.1) is 6.20 Å². The van der Waals surface area contributed by atoms with E-state index < -0.39 is 0 Å². The molecule has 0 radical (unpaired) electrons. The molecule has 2 N–H and O–H groups in total. The Balaban J connectivity index is 1.31. The lowest BCUT2D eigenvalue weighted by atomic mass is 10.2. The molecule has 1 aromatic carbocycles. The largest absolute Gasteiger partial charge is 0.489 e. The average Bonchev–Trinajstić information content (AvgIpc) is 3.47. The van der Waals surface area contributed by atoms with Crippen LogP contribution < -0.4 is 10.1 Å². The minimum absolute atomic E-state index is 0.269. The van der Waals surface area contributed by atoms with Crippen LogP contribution in [-0.4, -0.2) is 24.7 Å². The molecule has 0 amide bonds. The summed E-state index contributed by atoms with van der Waals surface area (Å²) >= 11 is 0. The van der Waals surface area contributed by atoms with Crippen molar-refractivity contribution in [1.82, 2.24) is 24.7 Å². The highest BCUT2D eigenvalue weighted by Gasteiger charge is 2.08. The van der Waals surface area contributed by atoms with Crippen LogP contribution in [0.1, 0.15) is 16.8 Å². The van der Waals surface area contributed by atoms with Crippen molar-refractivity contribution in [3.05, 3.63) is 90.1 Å². The Bertz CT molecular complexity index is 1430. The first kappa shape index (κ1) is 19.3. The summed E-state index contributed by atoms with van der Waals surface area (Å²) in [6.45, 7) is 2.29. The number of ether oxygens (including phenoxy) is 1. The Morgan fingerprint density at radius 3 is 2.91 bits per heavy atom. The van der Waals surface area contributed by atoms with Gasteiger partial charge < -0.3 is 15.0 Å². The number of aromatic nitrogens is 5. The lowest BCUT2D eigenvalue weighted by Crippen LogP contribution is -2.00. The molecule has 4 heterocycles. The first-order valence-corrected chi connectivity index (χ1v) is 10.0. The van der Waals surface area contributed by atoms with E-state index in [1.54, 1.807) is 29.2 Å². The van der Waals surface area contributed by atoms with E-state index in [-0.39, 0.29) is 5.69 Å². The van der Waals surface area contributed by atoms with Crippen molar-refractivity contribution in [3.63, 3.8) is 0 Å². The van der Waals surface area contributed by atoms with Crippen LogP contribution in [0.15, 0.2) is 73.3 Å². The number of pyridine rings is 2. The van der Waals surface area contributed by atoms with Crippen molar-refractivity contribution in [2.24, 2.45) is 0 Å². The van der Waals surface area contributed by atoms with Crippen molar-refractivity contribution in [1.29, 1.82) is 5.26 Å². The van der Waals surface area contributed by atoms with Gasteiger partial charge >= 0.3 is 0 Å². The molecule has 156 valence electrons. The van der Waals surface area contributed by atoms with Crippen LogP contribution in [0, 0.1) is 18.3 Å². The second-order valence-electron chi connectivity index (χ2n) is 7.37. The van der Waals surface area contributed by atoms with E-state index in [9.17, 15) is 5.26 Å². The van der Waals surface area contributed by atoms with E-state index in [0.29, 0.717) is 18.2 Å². The van der Waals surface area contributed by atoms with Crippen molar-refractivity contribution in [3.8, 4) is 17.6 Å². The summed E-state index contributed by atoms with van der Waals surface area (Å²) in [5.41, 5.74) is 4.12. The van der Waals surface area contributed by atoms with Gasteiger partial charge in [0.25, 0.3) is 0 Å². The molecular formula is C24H19N7O. The Labute approximate surface area is 184 Å². The highest BCUT2D eigenvalue weighted by Crippen LogP contribution is 2.24. The lowest BCUT2D eigenvalue weighted by Gasteiger charge is -2.10. The Morgan fingerprint density at radius 2 is 2.06 bits per heavy atom. The van der Waals surface area contributed by atoms with Gasteiger partial charge in [-0.15, -0.1) is 0 Å². The van der Waals surface area contributed by atoms with Crippen LogP contribution in [0.2, 0.25) is 0 Å². The van der Waals surface area contributed by atoms with Gasteiger partial charge in [0.15, 0.2) is 5.82 Å². The van der Waals surface area contributed by atoms with E-state index in [2.05, 4.69) is 31.4 Å². The summed E-state index contributed by atoms with van der Waals surface area (Å²) in [6.07, 6.45) is 7.30. The van der Waals surface area contributed by atoms with E-state index in [0.717, 1.165) is 33.5 Å². The molecule has 32 heavy (non-hydrogen) atoms. The summed E-state index contributed by atoms with van der Waals surface area (Å²) in [5, 5.41) is 18.1. The second-order valence-corrected chi connectivity index (χ2v) is 7.37. The molecule has 0 spiro atoms. The van der Waals surface area contributed by atoms with Crippen LogP contribution in [-0.2, 0) is 6.61 Å². The van der Waals surface area contributed by atoms with Gasteiger partial charge in [0.2, 0.25) is 0 Å². The lowest BCUT2D eigenvalue weighted by molar-refractivity contribution is 0.306. The molecule has 0 bridgehead atoms. The van der Waals surface area contributed by atoms with Gasteiger partial charge in [-0.25, -0.2) is 14.6 Å². The van der Waals surface area contributed by atoms with E-state index in [1.807, 2.05) is 55.7 Å². The average molecular weight is 421 g/mol. The molecule has 5 rings (SSSR count). The van der Waals surface area contributed by atoms with Gasteiger partial charge in [-0.3, -0.25) is 0 Å². The molecule has 0 saturated heterocycles. The summed E-state index contributed by atoms with van der Waals surface area (Å²) in [6, 6.07) is 17.4. The van der Waals surface area contributed by atoms with Crippen LogP contribution in [0.3, 0.4) is 0 Å². The van der Waals surface area contributed by atoms with E-state index >= 15 is 0 Å². The molecule has 8 nitrogen and oxygen atoms in total. The van der Waals surface area contributed by atoms with Gasteiger partial charge in [-0.05, 0) is 42.1 Å². The maximum Gasteiger partial charge on any atom is 0.153 e. The molecule has 0 aliphatic carbocycles. The molecule has 0 aliphatic rings. The van der Waals surface area contributed by atoms with Crippen LogP contribution in [0.5, 0.6) is 5.75 Å². The molecule has 0 fully saturated rings. The molecular weight excluding hydrogens is 402 g/mol. The van der Waals surface area contributed by atoms with Gasteiger partial charge in [-0.2, -0.15) is 10.4 Å². The maximum atomic E-state index is 9.38. The molecule has 0 atom stereocenters. The van der Waals surface area contributed by atoms with Crippen LogP contribution in [0.4, 0.5) is 11.5 Å². The molecule has 5 aromatic rings. The number of fused-ring (bicyclic) bond motifs is 1. The molecule has 0 unspecified atom stereocenters. The zero-order chi connectivity index (χ0) is 21.9. The number of hydrogen-bond acceptors (Lipinski definition) is 6.